The van der Waals surface area contributed by atoms with E-state index in [0.29, 0.717) is 6.04 Å². The van der Waals surface area contributed by atoms with Crippen molar-refractivity contribution in [1.82, 2.24) is 19.8 Å². The van der Waals surface area contributed by atoms with Crippen LogP contribution >= 0.6 is 0 Å². The second kappa shape index (κ2) is 4.49. The lowest BCUT2D eigenvalue weighted by Gasteiger charge is -2.17. The molecule has 0 bridgehead atoms. The van der Waals surface area contributed by atoms with Crippen LogP contribution in [0.3, 0.4) is 0 Å². The number of rotatable bonds is 5. The van der Waals surface area contributed by atoms with Gasteiger partial charge >= 0.3 is 0 Å². The second-order valence-corrected chi connectivity index (χ2v) is 4.91. The number of likely N-dealkylation sites (tertiary alicyclic amines) is 1. The maximum Gasteiger partial charge on any atom is 0.239 e. The average molecular weight is 234 g/mol. The van der Waals surface area contributed by atoms with Crippen LogP contribution in [0.25, 0.3) is 0 Å². The van der Waals surface area contributed by atoms with Crippen molar-refractivity contribution in [3.63, 3.8) is 0 Å². The summed E-state index contributed by atoms with van der Waals surface area (Å²) in [5, 5.41) is 3.42. The number of amides is 1. The van der Waals surface area contributed by atoms with E-state index in [9.17, 15) is 4.79 Å². The summed E-state index contributed by atoms with van der Waals surface area (Å²) in [6, 6.07) is 0.683. The van der Waals surface area contributed by atoms with Crippen molar-refractivity contribution >= 4 is 5.91 Å². The Balaban J connectivity index is 1.49. The first-order valence-corrected chi connectivity index (χ1v) is 6.33. The summed E-state index contributed by atoms with van der Waals surface area (Å²) >= 11 is 0. The Morgan fingerprint density at radius 1 is 1.35 bits per heavy atom. The molecule has 1 aromatic heterocycles. The predicted molar refractivity (Wildman–Crippen MR) is 63.4 cm³/mol. The van der Waals surface area contributed by atoms with Crippen molar-refractivity contribution in [2.45, 2.75) is 37.9 Å². The van der Waals surface area contributed by atoms with Crippen LogP contribution in [0.15, 0.2) is 18.7 Å². The molecule has 2 aliphatic rings. The fourth-order valence-corrected chi connectivity index (χ4v) is 2.31. The molecule has 1 aliphatic heterocycles. The van der Waals surface area contributed by atoms with E-state index < -0.39 is 0 Å². The van der Waals surface area contributed by atoms with Crippen molar-refractivity contribution in [3.05, 3.63) is 18.7 Å². The number of aromatic nitrogens is 2. The Kier molecular flexibility index (Phi) is 2.84. The number of carbonyl (C=O) groups excluding carboxylic acids is 1. The lowest BCUT2D eigenvalue weighted by atomic mass is 10.2. The molecular formula is C12H18N4O. The first-order chi connectivity index (χ1) is 8.33. The van der Waals surface area contributed by atoms with Gasteiger partial charge in [0.1, 0.15) is 0 Å². The van der Waals surface area contributed by atoms with E-state index in [2.05, 4.69) is 10.3 Å². The van der Waals surface area contributed by atoms with Gasteiger partial charge < -0.3 is 14.8 Å². The molecule has 1 aliphatic carbocycles. The molecule has 2 fully saturated rings. The highest BCUT2D eigenvalue weighted by atomic mass is 16.2. The van der Waals surface area contributed by atoms with Gasteiger partial charge in [0.2, 0.25) is 5.91 Å². The molecule has 0 aromatic carbocycles. The zero-order valence-corrected chi connectivity index (χ0v) is 9.88. The molecule has 1 saturated heterocycles. The molecule has 1 unspecified atom stereocenters. The number of nitrogens with zero attached hydrogens (tertiary/aromatic N) is 3. The standard InChI is InChI=1S/C12H18N4O/c17-12-11(14-10-1-2-10)3-5-16(12)8-7-15-6-4-13-9-15/h4,6,9-11,14H,1-3,5,7-8H2. The van der Waals surface area contributed by atoms with Crippen molar-refractivity contribution in [2.75, 3.05) is 13.1 Å². The minimum atomic E-state index is 0.0743. The van der Waals surface area contributed by atoms with Crippen LogP contribution in [-0.4, -0.2) is 45.5 Å². The summed E-state index contributed by atoms with van der Waals surface area (Å²) in [6.45, 7) is 2.51. The highest BCUT2D eigenvalue weighted by Gasteiger charge is 2.35. The third kappa shape index (κ3) is 2.49. The molecule has 92 valence electrons. The summed E-state index contributed by atoms with van der Waals surface area (Å²) < 4.78 is 2.01. The maximum atomic E-state index is 12.1. The Hall–Kier alpha value is -1.36. The number of nitrogens with one attached hydrogen (secondary N) is 1. The van der Waals surface area contributed by atoms with Gasteiger partial charge in [-0.05, 0) is 19.3 Å². The summed E-state index contributed by atoms with van der Waals surface area (Å²) in [6.07, 6.45) is 8.92. The first-order valence-electron chi connectivity index (χ1n) is 6.33. The monoisotopic (exact) mass is 234 g/mol. The van der Waals surface area contributed by atoms with E-state index in [4.69, 9.17) is 0 Å². The molecule has 5 nitrogen and oxygen atoms in total. The largest absolute Gasteiger partial charge is 0.339 e. The van der Waals surface area contributed by atoms with Gasteiger partial charge in [-0.25, -0.2) is 4.98 Å². The lowest BCUT2D eigenvalue weighted by Crippen LogP contribution is -2.40. The number of carbonyl (C=O) groups is 1. The number of hydrogen-bond acceptors (Lipinski definition) is 3. The second-order valence-electron chi connectivity index (χ2n) is 4.91. The van der Waals surface area contributed by atoms with E-state index in [1.54, 1.807) is 12.5 Å². The highest BCUT2D eigenvalue weighted by Crippen LogP contribution is 2.22. The van der Waals surface area contributed by atoms with E-state index in [0.717, 1.165) is 26.1 Å². The minimum absolute atomic E-state index is 0.0743. The smallest absolute Gasteiger partial charge is 0.239 e. The number of hydrogen-bond donors (Lipinski definition) is 1. The first kappa shape index (κ1) is 10.8. The van der Waals surface area contributed by atoms with Crippen LogP contribution < -0.4 is 5.32 Å². The SMILES string of the molecule is O=C1C(NC2CC2)CCN1CCn1ccnc1. The van der Waals surface area contributed by atoms with Gasteiger partial charge in [-0.1, -0.05) is 0 Å². The predicted octanol–water partition coefficient (Wildman–Crippen LogP) is 0.236. The van der Waals surface area contributed by atoms with Crippen LogP contribution in [0.5, 0.6) is 0 Å². The van der Waals surface area contributed by atoms with Gasteiger partial charge in [0.15, 0.2) is 0 Å². The Bertz CT molecular complexity index is 385. The van der Waals surface area contributed by atoms with E-state index in [1.807, 2.05) is 15.7 Å². The maximum absolute atomic E-state index is 12.1. The highest BCUT2D eigenvalue weighted by molar-refractivity contribution is 5.84. The van der Waals surface area contributed by atoms with E-state index in [-0.39, 0.29) is 11.9 Å². The molecule has 1 aromatic rings. The van der Waals surface area contributed by atoms with Crippen molar-refractivity contribution in [3.8, 4) is 0 Å². The Morgan fingerprint density at radius 2 is 2.24 bits per heavy atom. The zero-order valence-electron chi connectivity index (χ0n) is 9.88. The molecule has 1 N–H and O–H groups in total. The summed E-state index contributed by atoms with van der Waals surface area (Å²) in [4.78, 5) is 18.0. The van der Waals surface area contributed by atoms with Crippen LogP contribution in [0.4, 0.5) is 0 Å². The minimum Gasteiger partial charge on any atom is -0.339 e. The quantitative estimate of drug-likeness (QED) is 0.794. The summed E-state index contributed by atoms with van der Waals surface area (Å²) in [5.41, 5.74) is 0. The molecule has 2 heterocycles. The fourth-order valence-electron chi connectivity index (χ4n) is 2.31. The third-order valence-corrected chi connectivity index (χ3v) is 3.50. The Morgan fingerprint density at radius 3 is 2.94 bits per heavy atom. The molecule has 0 spiro atoms. The molecule has 5 heteroatoms. The molecule has 1 atom stereocenters. The van der Waals surface area contributed by atoms with Gasteiger partial charge in [0.05, 0.1) is 12.4 Å². The fraction of sp³-hybridized carbons (Fsp3) is 0.667. The lowest BCUT2D eigenvalue weighted by molar-refractivity contribution is -0.129. The normalized spacial score (nSPS) is 24.6. The van der Waals surface area contributed by atoms with Crippen LogP contribution in [0.1, 0.15) is 19.3 Å². The molecule has 17 heavy (non-hydrogen) atoms. The van der Waals surface area contributed by atoms with Crippen molar-refractivity contribution in [2.24, 2.45) is 0 Å². The third-order valence-electron chi connectivity index (χ3n) is 3.50. The molecule has 3 rings (SSSR count). The topological polar surface area (TPSA) is 50.2 Å². The average Bonchev–Trinajstić information content (AvgIpc) is 2.86. The molecule has 1 amide bonds. The van der Waals surface area contributed by atoms with E-state index >= 15 is 0 Å². The van der Waals surface area contributed by atoms with Gasteiger partial charge in [0.25, 0.3) is 0 Å². The van der Waals surface area contributed by atoms with Crippen molar-refractivity contribution in [1.29, 1.82) is 0 Å². The zero-order chi connectivity index (χ0) is 11.7. The van der Waals surface area contributed by atoms with Crippen LogP contribution in [0, 0.1) is 0 Å². The number of imidazole rings is 1. The van der Waals surface area contributed by atoms with Gasteiger partial charge in [0, 0.05) is 38.1 Å². The van der Waals surface area contributed by atoms with E-state index in [1.165, 1.54) is 12.8 Å². The van der Waals surface area contributed by atoms with Crippen LogP contribution in [-0.2, 0) is 11.3 Å². The molecule has 1 saturated carbocycles. The van der Waals surface area contributed by atoms with Crippen molar-refractivity contribution < 1.29 is 4.79 Å². The molecule has 0 radical (unpaired) electrons. The van der Waals surface area contributed by atoms with Gasteiger partial charge in [-0.3, -0.25) is 4.79 Å². The Labute approximate surface area is 101 Å². The molecular weight excluding hydrogens is 216 g/mol. The summed E-state index contributed by atoms with van der Waals surface area (Å²) in [7, 11) is 0. The summed E-state index contributed by atoms with van der Waals surface area (Å²) in [5.74, 6) is 0.275. The van der Waals surface area contributed by atoms with Crippen LogP contribution in [0.2, 0.25) is 0 Å². The van der Waals surface area contributed by atoms with Gasteiger partial charge in [-0.15, -0.1) is 0 Å². The van der Waals surface area contributed by atoms with Gasteiger partial charge in [-0.2, -0.15) is 0 Å².